The minimum absolute atomic E-state index is 0.0497. The second-order valence-corrected chi connectivity index (χ2v) is 11.6. The van der Waals surface area contributed by atoms with E-state index < -0.39 is 11.9 Å². The molecule has 0 aliphatic carbocycles. The number of aliphatic carboxylic acids is 1. The van der Waals surface area contributed by atoms with Crippen LogP contribution in [-0.4, -0.2) is 43.1 Å². The van der Waals surface area contributed by atoms with E-state index in [0.29, 0.717) is 25.4 Å². The van der Waals surface area contributed by atoms with E-state index in [1.807, 2.05) is 24.3 Å². The maximum absolute atomic E-state index is 11.8. The highest BCUT2D eigenvalue weighted by atomic mass is 127. The molecule has 3 unspecified atom stereocenters. The van der Waals surface area contributed by atoms with Crippen molar-refractivity contribution in [2.24, 2.45) is 0 Å². The third-order valence-corrected chi connectivity index (χ3v) is 7.83. The van der Waals surface area contributed by atoms with Gasteiger partial charge in [0, 0.05) is 0 Å². The summed E-state index contributed by atoms with van der Waals surface area (Å²) in [7, 11) is 0. The van der Waals surface area contributed by atoms with Gasteiger partial charge in [-0.25, -0.2) is 0 Å². The molecule has 2 heterocycles. The van der Waals surface area contributed by atoms with Gasteiger partial charge in [0.2, 0.25) is 0 Å². The SMILES string of the molecule is O=C(O)C(CC1CO1)c1cc(I)c(Oc2cc(I)c(OCC3CO3)c(I)c2)c(I)c1. The molecule has 10 heteroatoms. The average Bonchev–Trinajstić information content (AvgIpc) is 3.57. The van der Waals surface area contributed by atoms with Crippen LogP contribution in [0.1, 0.15) is 17.9 Å². The Hall–Kier alpha value is 0.350. The van der Waals surface area contributed by atoms with Crippen LogP contribution in [0.3, 0.4) is 0 Å². The Morgan fingerprint density at radius 3 is 2.00 bits per heavy atom. The third-order valence-electron chi connectivity index (χ3n) is 4.63. The van der Waals surface area contributed by atoms with Crippen molar-refractivity contribution in [2.45, 2.75) is 24.5 Å². The molecule has 0 amide bonds. The predicted molar refractivity (Wildman–Crippen MR) is 144 cm³/mol. The maximum Gasteiger partial charge on any atom is 0.311 e. The Morgan fingerprint density at radius 1 is 0.967 bits per heavy atom. The van der Waals surface area contributed by atoms with E-state index in [1.54, 1.807) is 0 Å². The normalized spacial score (nSPS) is 20.5. The zero-order valence-corrected chi connectivity index (χ0v) is 24.0. The monoisotopic (exact) mass is 860 g/mol. The molecule has 2 fully saturated rings. The highest BCUT2D eigenvalue weighted by Crippen LogP contribution is 2.39. The summed E-state index contributed by atoms with van der Waals surface area (Å²) >= 11 is 8.89. The van der Waals surface area contributed by atoms with Crippen molar-refractivity contribution >= 4 is 96.3 Å². The predicted octanol–water partition coefficient (Wildman–Crippen LogP) is 5.63. The molecule has 4 rings (SSSR count). The number of benzene rings is 2. The number of epoxide rings is 2. The summed E-state index contributed by atoms with van der Waals surface area (Å²) < 4.78 is 26.2. The fourth-order valence-corrected chi connectivity index (χ4v) is 6.98. The van der Waals surface area contributed by atoms with Crippen LogP contribution in [0.5, 0.6) is 17.2 Å². The van der Waals surface area contributed by atoms with Gasteiger partial charge in [0.05, 0.1) is 39.5 Å². The van der Waals surface area contributed by atoms with Gasteiger partial charge in [-0.1, -0.05) is 0 Å². The highest BCUT2D eigenvalue weighted by Gasteiger charge is 2.32. The second-order valence-electron chi connectivity index (χ2n) is 6.98. The van der Waals surface area contributed by atoms with Crippen molar-refractivity contribution in [1.29, 1.82) is 0 Å². The van der Waals surface area contributed by atoms with Crippen LogP contribution in [0.15, 0.2) is 24.3 Å². The van der Waals surface area contributed by atoms with Crippen LogP contribution < -0.4 is 9.47 Å². The lowest BCUT2D eigenvalue weighted by Gasteiger charge is -2.17. The lowest BCUT2D eigenvalue weighted by Crippen LogP contribution is -2.14. The minimum Gasteiger partial charge on any atom is -0.489 e. The van der Waals surface area contributed by atoms with Crippen LogP contribution in [-0.2, 0) is 14.3 Å². The summed E-state index contributed by atoms with van der Waals surface area (Å²) in [5, 5.41) is 9.65. The average molecular weight is 860 g/mol. The van der Waals surface area contributed by atoms with Gasteiger partial charge in [0.1, 0.15) is 24.2 Å². The van der Waals surface area contributed by atoms with Crippen LogP contribution in [0.2, 0.25) is 0 Å². The third kappa shape index (κ3) is 6.02. The van der Waals surface area contributed by atoms with Crippen LogP contribution >= 0.6 is 90.4 Å². The van der Waals surface area contributed by atoms with Crippen molar-refractivity contribution in [3.63, 3.8) is 0 Å². The van der Waals surface area contributed by atoms with Gasteiger partial charge in [-0.15, -0.1) is 0 Å². The van der Waals surface area contributed by atoms with Gasteiger partial charge in [0.25, 0.3) is 0 Å². The van der Waals surface area contributed by atoms with E-state index in [0.717, 1.165) is 38.0 Å². The fraction of sp³-hybridized carbons (Fsp3) is 0.350. The number of hydrogen-bond acceptors (Lipinski definition) is 5. The Balaban J connectivity index is 1.54. The van der Waals surface area contributed by atoms with Crippen molar-refractivity contribution in [3.8, 4) is 17.2 Å². The molecule has 30 heavy (non-hydrogen) atoms. The molecule has 0 aromatic heterocycles. The molecule has 160 valence electrons. The summed E-state index contributed by atoms with van der Waals surface area (Å²) in [4.78, 5) is 11.8. The molecule has 1 N–H and O–H groups in total. The Morgan fingerprint density at radius 2 is 1.50 bits per heavy atom. The van der Waals surface area contributed by atoms with Gasteiger partial charge in [-0.05, 0) is 127 Å². The van der Waals surface area contributed by atoms with E-state index in [-0.39, 0.29) is 12.2 Å². The maximum atomic E-state index is 11.8. The minimum atomic E-state index is -0.831. The van der Waals surface area contributed by atoms with E-state index in [9.17, 15) is 9.90 Å². The van der Waals surface area contributed by atoms with Gasteiger partial charge >= 0.3 is 5.97 Å². The molecular weight excluding hydrogens is 844 g/mol. The van der Waals surface area contributed by atoms with Crippen molar-refractivity contribution < 1.29 is 28.8 Å². The van der Waals surface area contributed by atoms with E-state index in [4.69, 9.17) is 18.9 Å². The second kappa shape index (κ2) is 10.1. The first-order chi connectivity index (χ1) is 14.3. The summed E-state index contributed by atoms with van der Waals surface area (Å²) in [6.07, 6.45) is 0.745. The summed E-state index contributed by atoms with van der Waals surface area (Å²) in [5.41, 5.74) is 0.773. The number of ether oxygens (including phenoxy) is 4. The van der Waals surface area contributed by atoms with Gasteiger partial charge < -0.3 is 24.1 Å². The van der Waals surface area contributed by atoms with Crippen molar-refractivity contribution in [1.82, 2.24) is 0 Å². The molecule has 0 saturated carbocycles. The van der Waals surface area contributed by atoms with Gasteiger partial charge in [-0.3, -0.25) is 4.79 Å². The van der Waals surface area contributed by atoms with E-state index in [2.05, 4.69) is 90.4 Å². The molecule has 2 aromatic rings. The Labute approximate surface area is 228 Å². The quantitative estimate of drug-likeness (QED) is 0.261. The molecule has 0 bridgehead atoms. The first kappa shape index (κ1) is 23.5. The Bertz CT molecular complexity index is 928. The number of halogens is 4. The van der Waals surface area contributed by atoms with E-state index in [1.165, 1.54) is 0 Å². The fourth-order valence-electron chi connectivity index (χ4n) is 2.92. The molecule has 6 nitrogen and oxygen atoms in total. The van der Waals surface area contributed by atoms with Crippen molar-refractivity contribution in [2.75, 3.05) is 19.8 Å². The smallest absolute Gasteiger partial charge is 0.311 e. The molecule has 2 aliphatic rings. The number of carboxylic acid groups (broad SMARTS) is 1. The first-order valence-electron chi connectivity index (χ1n) is 9.06. The van der Waals surface area contributed by atoms with Crippen molar-refractivity contribution in [3.05, 3.63) is 44.1 Å². The lowest BCUT2D eigenvalue weighted by molar-refractivity contribution is -0.139. The molecule has 3 atom stereocenters. The van der Waals surface area contributed by atoms with E-state index >= 15 is 0 Å². The van der Waals surface area contributed by atoms with Gasteiger partial charge in [0.15, 0.2) is 5.75 Å². The lowest BCUT2D eigenvalue weighted by atomic mass is 9.94. The number of carboxylic acids is 1. The molecule has 0 radical (unpaired) electrons. The van der Waals surface area contributed by atoms with Crippen LogP contribution in [0.4, 0.5) is 0 Å². The number of rotatable bonds is 9. The van der Waals surface area contributed by atoms with Crippen LogP contribution in [0, 0.1) is 14.3 Å². The number of carbonyl (C=O) groups is 1. The highest BCUT2D eigenvalue weighted by molar-refractivity contribution is 14.1. The van der Waals surface area contributed by atoms with Gasteiger partial charge in [-0.2, -0.15) is 0 Å². The summed E-state index contributed by atoms with van der Waals surface area (Å²) in [6, 6.07) is 7.66. The number of hydrogen-bond donors (Lipinski definition) is 1. The zero-order chi connectivity index (χ0) is 21.4. The molecule has 0 spiro atoms. The topological polar surface area (TPSA) is 80.8 Å². The molecular formula is C20H16I4O6. The first-order valence-corrected chi connectivity index (χ1v) is 13.4. The summed E-state index contributed by atoms with van der Waals surface area (Å²) in [6.45, 7) is 1.96. The summed E-state index contributed by atoms with van der Waals surface area (Å²) in [5.74, 6) is 0.858. The largest absolute Gasteiger partial charge is 0.489 e. The zero-order valence-electron chi connectivity index (χ0n) is 15.4. The molecule has 2 saturated heterocycles. The Kier molecular flexibility index (Phi) is 7.91. The molecule has 2 aromatic carbocycles. The molecule has 2 aliphatic heterocycles. The standard InChI is InChI=1S/C20H16I4O6/c21-14-1-9(13(20(25)26)3-11-6-27-11)2-15(22)19(14)30-10-4-16(23)18(17(24)5-10)29-8-12-7-28-12/h1-2,4-5,11-13H,3,6-8H2,(H,25,26). The van der Waals surface area contributed by atoms with Crippen LogP contribution in [0.25, 0.3) is 0 Å².